The van der Waals surface area contributed by atoms with Gasteiger partial charge in [-0.3, -0.25) is 9.36 Å². The van der Waals surface area contributed by atoms with Gasteiger partial charge in [0.1, 0.15) is 5.60 Å². The fourth-order valence-corrected chi connectivity index (χ4v) is 3.54. The van der Waals surface area contributed by atoms with Crippen molar-refractivity contribution >= 4 is 73.7 Å². The average Bonchev–Trinajstić information content (AvgIpc) is 3.29. The Kier molecular flexibility index (Phi) is 14.6. The van der Waals surface area contributed by atoms with Crippen molar-refractivity contribution in [2.75, 3.05) is 0 Å². The van der Waals surface area contributed by atoms with Crippen molar-refractivity contribution in [3.05, 3.63) is 52.1 Å². The highest BCUT2D eigenvalue weighted by Crippen LogP contribution is 2.27. The maximum atomic E-state index is 13.0. The normalized spacial score (nSPS) is 11.7. The van der Waals surface area contributed by atoms with E-state index in [0.29, 0.717) is 27.2 Å². The zero-order chi connectivity index (χ0) is 24.3. The molecule has 3 aromatic rings. The third kappa shape index (κ3) is 10.6. The van der Waals surface area contributed by atoms with Crippen molar-refractivity contribution in [1.29, 1.82) is 0 Å². The van der Waals surface area contributed by atoms with E-state index in [1.807, 2.05) is 30.5 Å². The number of benzene rings is 1. The second kappa shape index (κ2) is 14.3. The summed E-state index contributed by atoms with van der Waals surface area (Å²) < 4.78 is 7.03. The van der Waals surface area contributed by atoms with Crippen molar-refractivity contribution in [2.24, 2.45) is 5.73 Å². The molecule has 0 aliphatic rings. The van der Waals surface area contributed by atoms with Crippen molar-refractivity contribution in [3.8, 4) is 0 Å². The van der Waals surface area contributed by atoms with E-state index in [4.69, 9.17) is 10.5 Å². The van der Waals surface area contributed by atoms with E-state index in [1.54, 1.807) is 26.8 Å². The minimum absolute atomic E-state index is 0. The fraction of sp³-hybridized carbons (Fsp3) is 0.458. The van der Waals surface area contributed by atoms with Crippen LogP contribution in [0, 0.1) is 0 Å². The van der Waals surface area contributed by atoms with Crippen LogP contribution in [0.25, 0.3) is 10.9 Å². The Morgan fingerprint density at radius 1 is 1.14 bits per heavy atom. The molecular weight excluding hydrogens is 523 g/mol. The van der Waals surface area contributed by atoms with Crippen LogP contribution in [0.4, 0.5) is 4.79 Å². The molecular formula is C24H39N3O4S4. The molecule has 3 rings (SSSR count). The summed E-state index contributed by atoms with van der Waals surface area (Å²) in [6.07, 6.45) is 1.75. The number of thiazole rings is 1. The summed E-state index contributed by atoms with van der Waals surface area (Å²) in [5.74, 6) is -0.229. The number of thiol groups is 1. The molecule has 1 aromatic carbocycles. The Hall–Kier alpha value is -1.50. The van der Waals surface area contributed by atoms with Gasteiger partial charge < -0.3 is 15.9 Å². The molecule has 0 amide bonds. The Morgan fingerprint density at radius 3 is 2.20 bits per heavy atom. The monoisotopic (exact) mass is 561 g/mol. The molecule has 0 radical (unpaired) electrons. The van der Waals surface area contributed by atoms with Crippen molar-refractivity contribution in [3.63, 3.8) is 0 Å². The largest absolute Gasteiger partial charge is 0.443 e. The molecule has 2 heterocycles. The number of nitrogens with two attached hydrogens (primary N) is 1. The number of hydrogen-bond acceptors (Lipinski definition) is 7. The third-order valence-electron chi connectivity index (χ3n) is 4.08. The van der Waals surface area contributed by atoms with Gasteiger partial charge in [-0.2, -0.15) is 39.6 Å². The van der Waals surface area contributed by atoms with E-state index in [0.717, 1.165) is 6.42 Å². The van der Waals surface area contributed by atoms with Gasteiger partial charge >= 0.3 is 6.09 Å². The first-order valence-electron chi connectivity index (χ1n) is 10.5. The number of carbonyl (C=O) groups excluding carboxylic acids is 2. The minimum Gasteiger partial charge on any atom is -0.443 e. The number of rotatable bonds is 4. The lowest BCUT2D eigenvalue weighted by atomic mass is 10.1. The van der Waals surface area contributed by atoms with Crippen LogP contribution in [0.15, 0.2) is 35.8 Å². The summed E-state index contributed by atoms with van der Waals surface area (Å²) in [5.41, 5.74) is 7.13. The fourth-order valence-electron chi connectivity index (χ4n) is 2.71. The third-order valence-corrected chi connectivity index (χ3v) is 4.94. The van der Waals surface area contributed by atoms with Gasteiger partial charge in [-0.25, -0.2) is 9.78 Å². The van der Waals surface area contributed by atoms with E-state index < -0.39 is 11.7 Å². The molecule has 0 unspecified atom stereocenters. The standard InChI is InChI=1S/C20H23N3O3S.C4H10S.H2O.2H2S/c1-5-14(21)15-11-27-18(22-15)17(24)13-10-23(19(25)26-20(2,3)4)16-9-7-6-8-12(13)16;1-4(2,3)5;;;/h6-11,14H,5,21H2,1-4H3;5H,1-3H3;3*1H2/t14-;;;;/m0..../s1. The van der Waals surface area contributed by atoms with Crippen LogP contribution in [-0.2, 0) is 4.74 Å². The number of para-hydroxylation sites is 1. The first-order valence-corrected chi connectivity index (χ1v) is 11.9. The lowest BCUT2D eigenvalue weighted by Crippen LogP contribution is -2.26. The maximum absolute atomic E-state index is 13.0. The first-order chi connectivity index (χ1) is 14.7. The van der Waals surface area contributed by atoms with Gasteiger partial charge in [0.25, 0.3) is 0 Å². The number of fused-ring (bicyclic) bond motifs is 1. The van der Waals surface area contributed by atoms with Gasteiger partial charge in [-0.1, -0.05) is 45.9 Å². The highest BCUT2D eigenvalue weighted by atomic mass is 32.1. The zero-order valence-corrected chi connectivity index (χ0v) is 25.0. The summed E-state index contributed by atoms with van der Waals surface area (Å²) in [7, 11) is 0. The van der Waals surface area contributed by atoms with E-state index in [9.17, 15) is 9.59 Å². The molecule has 2 aromatic heterocycles. The molecule has 0 saturated heterocycles. The number of carbonyl (C=O) groups is 2. The van der Waals surface area contributed by atoms with Gasteiger partial charge in [0, 0.05) is 27.8 Å². The van der Waals surface area contributed by atoms with Crippen LogP contribution in [0.2, 0.25) is 0 Å². The van der Waals surface area contributed by atoms with E-state index in [-0.39, 0.29) is 49.0 Å². The average molecular weight is 562 g/mol. The second-order valence-electron chi connectivity index (χ2n) is 9.50. The Bertz CT molecular complexity index is 1090. The van der Waals surface area contributed by atoms with Crippen molar-refractivity contribution in [1.82, 2.24) is 9.55 Å². The second-order valence-corrected chi connectivity index (χ2v) is 11.7. The highest BCUT2D eigenvalue weighted by Gasteiger charge is 2.24. The lowest BCUT2D eigenvalue weighted by molar-refractivity contribution is 0.0544. The van der Waals surface area contributed by atoms with Gasteiger partial charge in [-0.05, 0) is 33.3 Å². The van der Waals surface area contributed by atoms with E-state index >= 15 is 0 Å². The predicted molar refractivity (Wildman–Crippen MR) is 159 cm³/mol. The summed E-state index contributed by atoms with van der Waals surface area (Å²) in [6.45, 7) is 13.5. The summed E-state index contributed by atoms with van der Waals surface area (Å²) >= 11 is 5.39. The Morgan fingerprint density at radius 2 is 1.69 bits per heavy atom. The zero-order valence-electron chi connectivity index (χ0n) is 21.3. The van der Waals surface area contributed by atoms with Crippen LogP contribution in [0.3, 0.4) is 0 Å². The predicted octanol–water partition coefficient (Wildman–Crippen LogP) is 5.64. The topological polar surface area (TPSA) is 119 Å². The van der Waals surface area contributed by atoms with E-state index in [1.165, 1.54) is 22.1 Å². The van der Waals surface area contributed by atoms with Crippen LogP contribution in [0.1, 0.15) is 82.0 Å². The molecule has 0 aliphatic heterocycles. The molecule has 0 spiro atoms. The molecule has 4 N–H and O–H groups in total. The van der Waals surface area contributed by atoms with E-state index in [2.05, 4.69) is 38.4 Å². The minimum atomic E-state index is -0.632. The smallest absolute Gasteiger partial charge is 0.419 e. The number of aromatic nitrogens is 2. The summed E-state index contributed by atoms with van der Waals surface area (Å²) in [5, 5.41) is 2.86. The quantitative estimate of drug-likeness (QED) is 0.316. The van der Waals surface area contributed by atoms with Crippen molar-refractivity contribution in [2.45, 2.75) is 71.3 Å². The number of hydrogen-bond donors (Lipinski definition) is 2. The Labute approximate surface area is 231 Å². The van der Waals surface area contributed by atoms with Gasteiger partial charge in [0.05, 0.1) is 16.8 Å². The number of ketones is 1. The maximum Gasteiger partial charge on any atom is 0.419 e. The van der Waals surface area contributed by atoms with Crippen LogP contribution < -0.4 is 5.73 Å². The summed E-state index contributed by atoms with van der Waals surface area (Å²) in [4.78, 5) is 30.0. The highest BCUT2D eigenvalue weighted by molar-refractivity contribution is 7.81. The molecule has 0 aliphatic carbocycles. The van der Waals surface area contributed by atoms with Gasteiger partial charge in [-0.15, -0.1) is 11.3 Å². The number of nitrogens with zero attached hydrogens (tertiary/aromatic N) is 2. The van der Waals surface area contributed by atoms with Crippen molar-refractivity contribution < 1.29 is 19.8 Å². The molecule has 0 fully saturated rings. The Balaban J connectivity index is 0. The molecule has 0 saturated carbocycles. The van der Waals surface area contributed by atoms with Crippen LogP contribution in [0.5, 0.6) is 0 Å². The molecule has 198 valence electrons. The summed E-state index contributed by atoms with van der Waals surface area (Å²) in [6, 6.07) is 7.07. The van der Waals surface area contributed by atoms with Gasteiger partial charge in [0.15, 0.2) is 5.01 Å². The molecule has 11 heteroatoms. The lowest BCUT2D eigenvalue weighted by Gasteiger charge is -2.19. The molecule has 35 heavy (non-hydrogen) atoms. The van der Waals surface area contributed by atoms with Gasteiger partial charge in [0.2, 0.25) is 5.78 Å². The molecule has 1 atom stereocenters. The molecule has 7 nitrogen and oxygen atoms in total. The molecule has 0 bridgehead atoms. The SMILES string of the molecule is CC(C)(C)S.CC[C@H](N)c1csc(C(=O)c2cn(C(=O)OC(C)(C)C)c3ccccc23)n1.O.S.S. The number of ether oxygens (including phenoxy) is 1. The first kappa shape index (κ1) is 35.7. The van der Waals surface area contributed by atoms with Crippen LogP contribution in [-0.4, -0.2) is 37.3 Å². The van der Waals surface area contributed by atoms with Crippen LogP contribution >= 0.6 is 51.0 Å².